The van der Waals surface area contributed by atoms with Gasteiger partial charge in [-0.1, -0.05) is 32.9 Å². The van der Waals surface area contributed by atoms with Gasteiger partial charge >= 0.3 is 0 Å². The highest BCUT2D eigenvalue weighted by Crippen LogP contribution is 2.25. The van der Waals surface area contributed by atoms with Gasteiger partial charge in [0.25, 0.3) is 5.91 Å². The molecule has 1 amide bonds. The molecule has 0 saturated carbocycles. The standard InChI is InChI=1S/C19H19NOS/c1-19(2,3)15-6-4-13(5-7-15)18(21)20-16-8-9-17-14(12-16)10-11-22-17/h4-12H,1-3H3,(H,20,21). The van der Waals surface area contributed by atoms with Gasteiger partial charge in [-0.3, -0.25) is 4.79 Å². The summed E-state index contributed by atoms with van der Waals surface area (Å²) < 4.78 is 1.23. The smallest absolute Gasteiger partial charge is 0.255 e. The van der Waals surface area contributed by atoms with Gasteiger partial charge in [0.1, 0.15) is 0 Å². The largest absolute Gasteiger partial charge is 0.322 e. The summed E-state index contributed by atoms with van der Waals surface area (Å²) in [6, 6.07) is 15.9. The molecule has 0 spiro atoms. The minimum absolute atomic E-state index is 0.0740. The molecule has 0 saturated heterocycles. The fraction of sp³-hybridized carbons (Fsp3) is 0.211. The van der Waals surface area contributed by atoms with E-state index in [0.717, 1.165) is 11.1 Å². The zero-order valence-corrected chi connectivity index (χ0v) is 13.8. The van der Waals surface area contributed by atoms with Crippen molar-refractivity contribution < 1.29 is 4.79 Å². The fourth-order valence-electron chi connectivity index (χ4n) is 2.37. The molecule has 3 aromatic rings. The molecule has 22 heavy (non-hydrogen) atoms. The van der Waals surface area contributed by atoms with E-state index >= 15 is 0 Å². The summed E-state index contributed by atoms with van der Waals surface area (Å²) in [5.41, 5.74) is 2.83. The second-order valence-electron chi connectivity index (χ2n) is 6.45. The molecule has 2 nitrogen and oxygen atoms in total. The molecule has 1 aromatic heterocycles. The lowest BCUT2D eigenvalue weighted by Crippen LogP contribution is -2.14. The van der Waals surface area contributed by atoms with Gasteiger partial charge in [-0.25, -0.2) is 0 Å². The number of nitrogens with one attached hydrogen (secondary N) is 1. The SMILES string of the molecule is CC(C)(C)c1ccc(C(=O)Nc2ccc3sccc3c2)cc1. The van der Waals surface area contributed by atoms with Crippen molar-refractivity contribution in [3.05, 3.63) is 65.0 Å². The van der Waals surface area contributed by atoms with Crippen LogP contribution < -0.4 is 5.32 Å². The van der Waals surface area contributed by atoms with E-state index in [2.05, 4.69) is 37.5 Å². The Hall–Kier alpha value is -2.13. The highest BCUT2D eigenvalue weighted by molar-refractivity contribution is 7.17. The third-order valence-electron chi connectivity index (χ3n) is 3.72. The predicted octanol–water partition coefficient (Wildman–Crippen LogP) is 5.45. The van der Waals surface area contributed by atoms with E-state index in [1.807, 2.05) is 42.5 Å². The number of fused-ring (bicyclic) bond motifs is 1. The van der Waals surface area contributed by atoms with Crippen molar-refractivity contribution in [2.75, 3.05) is 5.32 Å². The summed E-state index contributed by atoms with van der Waals surface area (Å²) >= 11 is 1.70. The van der Waals surface area contributed by atoms with Crippen molar-refractivity contribution in [3.8, 4) is 0 Å². The van der Waals surface area contributed by atoms with Crippen LogP contribution in [0.15, 0.2) is 53.9 Å². The van der Waals surface area contributed by atoms with E-state index in [-0.39, 0.29) is 11.3 Å². The Kier molecular flexibility index (Phi) is 3.75. The molecule has 0 aliphatic rings. The summed E-state index contributed by atoms with van der Waals surface area (Å²) in [7, 11) is 0. The Bertz CT molecular complexity index is 809. The second kappa shape index (κ2) is 5.58. The maximum atomic E-state index is 12.3. The first-order valence-corrected chi connectivity index (χ1v) is 8.21. The van der Waals surface area contributed by atoms with Gasteiger partial charge in [-0.2, -0.15) is 0 Å². The summed E-state index contributed by atoms with van der Waals surface area (Å²) in [5.74, 6) is -0.0740. The first-order valence-electron chi connectivity index (χ1n) is 7.33. The summed E-state index contributed by atoms with van der Waals surface area (Å²) in [4.78, 5) is 12.3. The van der Waals surface area contributed by atoms with E-state index in [4.69, 9.17) is 0 Å². The van der Waals surface area contributed by atoms with Gasteiger partial charge in [-0.05, 0) is 58.1 Å². The maximum absolute atomic E-state index is 12.3. The number of benzene rings is 2. The molecule has 2 aromatic carbocycles. The van der Waals surface area contributed by atoms with Gasteiger partial charge in [-0.15, -0.1) is 11.3 Å². The van der Waals surface area contributed by atoms with Crippen molar-refractivity contribution in [2.45, 2.75) is 26.2 Å². The predicted molar refractivity (Wildman–Crippen MR) is 94.9 cm³/mol. The van der Waals surface area contributed by atoms with Gasteiger partial charge < -0.3 is 5.32 Å². The minimum atomic E-state index is -0.0740. The van der Waals surface area contributed by atoms with Gasteiger partial charge in [0.2, 0.25) is 0 Å². The molecule has 0 aliphatic carbocycles. The first-order chi connectivity index (χ1) is 10.4. The molecule has 1 heterocycles. The number of rotatable bonds is 2. The quantitative estimate of drug-likeness (QED) is 0.670. The van der Waals surface area contributed by atoms with Crippen LogP contribution in [-0.2, 0) is 5.41 Å². The van der Waals surface area contributed by atoms with Crippen LogP contribution in [-0.4, -0.2) is 5.91 Å². The molecule has 0 atom stereocenters. The highest BCUT2D eigenvalue weighted by Gasteiger charge is 2.14. The lowest BCUT2D eigenvalue weighted by molar-refractivity contribution is 0.102. The first kappa shape index (κ1) is 14.8. The normalized spacial score (nSPS) is 11.6. The number of carbonyl (C=O) groups is 1. The number of hydrogen-bond acceptors (Lipinski definition) is 2. The lowest BCUT2D eigenvalue weighted by atomic mass is 9.87. The zero-order chi connectivity index (χ0) is 15.7. The van der Waals surface area contributed by atoms with E-state index in [1.54, 1.807) is 11.3 Å². The Morgan fingerprint density at radius 1 is 1.00 bits per heavy atom. The van der Waals surface area contributed by atoms with Crippen LogP contribution in [0.25, 0.3) is 10.1 Å². The number of carbonyl (C=O) groups excluding carboxylic acids is 1. The van der Waals surface area contributed by atoms with Gasteiger partial charge in [0, 0.05) is 16.0 Å². The fourth-order valence-corrected chi connectivity index (χ4v) is 3.14. The average molecular weight is 309 g/mol. The monoisotopic (exact) mass is 309 g/mol. The van der Waals surface area contributed by atoms with Crippen molar-refractivity contribution in [3.63, 3.8) is 0 Å². The topological polar surface area (TPSA) is 29.1 Å². The number of hydrogen-bond donors (Lipinski definition) is 1. The zero-order valence-electron chi connectivity index (χ0n) is 13.0. The molecule has 0 aliphatic heterocycles. The van der Waals surface area contributed by atoms with Crippen LogP contribution >= 0.6 is 11.3 Å². The Morgan fingerprint density at radius 3 is 2.41 bits per heavy atom. The molecule has 112 valence electrons. The van der Waals surface area contributed by atoms with Gasteiger partial charge in [0.05, 0.1) is 0 Å². The third kappa shape index (κ3) is 3.04. The van der Waals surface area contributed by atoms with Crippen LogP contribution in [0.5, 0.6) is 0 Å². The third-order valence-corrected chi connectivity index (χ3v) is 4.62. The van der Waals surface area contributed by atoms with Crippen molar-refractivity contribution in [2.24, 2.45) is 0 Å². The molecule has 0 fully saturated rings. The van der Waals surface area contributed by atoms with Crippen LogP contribution in [0, 0.1) is 0 Å². The number of amides is 1. The lowest BCUT2D eigenvalue weighted by Gasteiger charge is -2.19. The van der Waals surface area contributed by atoms with E-state index in [9.17, 15) is 4.79 Å². The van der Waals surface area contributed by atoms with Crippen LogP contribution in [0.2, 0.25) is 0 Å². The van der Waals surface area contributed by atoms with E-state index < -0.39 is 0 Å². The molecular weight excluding hydrogens is 290 g/mol. The van der Waals surface area contributed by atoms with Crippen molar-refractivity contribution in [1.82, 2.24) is 0 Å². The van der Waals surface area contributed by atoms with Crippen LogP contribution in [0.3, 0.4) is 0 Å². The molecule has 0 unspecified atom stereocenters. The van der Waals surface area contributed by atoms with Crippen LogP contribution in [0.4, 0.5) is 5.69 Å². The van der Waals surface area contributed by atoms with Crippen molar-refractivity contribution in [1.29, 1.82) is 0 Å². The van der Waals surface area contributed by atoms with Crippen molar-refractivity contribution >= 4 is 33.0 Å². The molecule has 0 bridgehead atoms. The van der Waals surface area contributed by atoms with E-state index in [0.29, 0.717) is 5.56 Å². The number of thiophene rings is 1. The summed E-state index contributed by atoms with van der Waals surface area (Å²) in [6.45, 7) is 6.49. The summed E-state index contributed by atoms with van der Waals surface area (Å²) in [6.07, 6.45) is 0. The molecular formula is C19H19NOS. The van der Waals surface area contributed by atoms with Crippen LogP contribution in [0.1, 0.15) is 36.7 Å². The highest BCUT2D eigenvalue weighted by atomic mass is 32.1. The number of anilines is 1. The van der Waals surface area contributed by atoms with Gasteiger partial charge in [0.15, 0.2) is 0 Å². The second-order valence-corrected chi connectivity index (χ2v) is 7.40. The summed E-state index contributed by atoms with van der Waals surface area (Å²) in [5, 5.41) is 6.18. The van der Waals surface area contributed by atoms with E-state index in [1.165, 1.54) is 10.3 Å². The molecule has 3 rings (SSSR count). The molecule has 0 radical (unpaired) electrons. The minimum Gasteiger partial charge on any atom is -0.322 e. The molecule has 1 N–H and O–H groups in total. The Labute approximate surface area is 134 Å². The maximum Gasteiger partial charge on any atom is 0.255 e. The molecule has 3 heteroatoms. The average Bonchev–Trinajstić information content (AvgIpc) is 2.94. The Balaban J connectivity index is 1.78. The Morgan fingerprint density at radius 2 is 1.73 bits per heavy atom.